The number of nitrogens with one attached hydrogen (secondary N) is 1. The molecule has 2 N–H and O–H groups in total. The summed E-state index contributed by atoms with van der Waals surface area (Å²) < 4.78 is 12.0. The van der Waals surface area contributed by atoms with E-state index in [0.29, 0.717) is 6.54 Å². The van der Waals surface area contributed by atoms with Crippen molar-refractivity contribution in [3.63, 3.8) is 0 Å². The van der Waals surface area contributed by atoms with Crippen LogP contribution in [0.4, 0.5) is 0 Å². The van der Waals surface area contributed by atoms with Gasteiger partial charge in [0.15, 0.2) is 0 Å². The van der Waals surface area contributed by atoms with Crippen LogP contribution >= 0.6 is 0 Å². The van der Waals surface area contributed by atoms with Gasteiger partial charge in [0.2, 0.25) is 0 Å². The Morgan fingerprint density at radius 1 is 1.26 bits per heavy atom. The summed E-state index contributed by atoms with van der Waals surface area (Å²) in [6, 6.07) is 1.65. The molecule has 0 unspecified atom stereocenters. The summed E-state index contributed by atoms with van der Waals surface area (Å²) in [6.07, 6.45) is 1.43. The third kappa shape index (κ3) is 2.61. The van der Waals surface area contributed by atoms with Gasteiger partial charge in [-0.3, -0.25) is 4.98 Å². The fraction of sp³-hybridized carbons (Fsp3) is 0.615. The van der Waals surface area contributed by atoms with E-state index in [1.807, 2.05) is 34.7 Å². The van der Waals surface area contributed by atoms with Gasteiger partial charge in [-0.05, 0) is 40.8 Å². The van der Waals surface area contributed by atoms with Crippen LogP contribution in [0.15, 0.2) is 12.3 Å². The molecule has 1 saturated heterocycles. The molecule has 0 aliphatic carbocycles. The molecule has 1 aliphatic heterocycles. The molecule has 2 rings (SSSR count). The lowest BCUT2D eigenvalue weighted by Gasteiger charge is -2.32. The minimum absolute atomic E-state index is 0.115. The van der Waals surface area contributed by atoms with Crippen LogP contribution in [-0.2, 0) is 15.9 Å². The summed E-state index contributed by atoms with van der Waals surface area (Å²) in [7, 11) is 1.34. The maximum Gasteiger partial charge on any atom is 0.496 e. The SMILES string of the molecule is CNCc1ncc(O)cc1B1OC(C)(C)C(C)(C)O1. The first kappa shape index (κ1) is 14.3. The first-order valence-corrected chi connectivity index (χ1v) is 6.45. The van der Waals surface area contributed by atoms with Crippen molar-refractivity contribution in [2.75, 3.05) is 7.05 Å². The van der Waals surface area contributed by atoms with E-state index in [9.17, 15) is 5.11 Å². The molecule has 1 fully saturated rings. The normalized spacial score (nSPS) is 20.8. The van der Waals surface area contributed by atoms with E-state index in [0.717, 1.165) is 11.2 Å². The molecule has 0 spiro atoms. The lowest BCUT2D eigenvalue weighted by atomic mass is 9.77. The van der Waals surface area contributed by atoms with Crippen LogP contribution in [0.25, 0.3) is 0 Å². The summed E-state index contributed by atoms with van der Waals surface area (Å²) in [5, 5.41) is 12.7. The Morgan fingerprint density at radius 2 is 1.84 bits per heavy atom. The summed E-state index contributed by atoms with van der Waals surface area (Å²) in [4.78, 5) is 4.24. The van der Waals surface area contributed by atoms with Gasteiger partial charge in [0.25, 0.3) is 0 Å². The van der Waals surface area contributed by atoms with Crippen molar-refractivity contribution in [2.24, 2.45) is 0 Å². The molecule has 104 valence electrons. The molecule has 0 atom stereocenters. The number of hydrogen-bond acceptors (Lipinski definition) is 5. The predicted octanol–water partition coefficient (Wildman–Crippen LogP) is 0.806. The van der Waals surface area contributed by atoms with Gasteiger partial charge in [-0.15, -0.1) is 0 Å². The standard InChI is InChI=1S/C13H21BN2O3/c1-12(2)13(3,4)19-14(18-12)10-6-9(17)7-16-11(10)8-15-5/h6-7,15,17H,8H2,1-5H3. The molecule has 6 heteroatoms. The van der Waals surface area contributed by atoms with Gasteiger partial charge in [-0.1, -0.05) is 0 Å². The molecule has 5 nitrogen and oxygen atoms in total. The Morgan fingerprint density at radius 3 is 2.37 bits per heavy atom. The van der Waals surface area contributed by atoms with Gasteiger partial charge in [0.1, 0.15) is 5.75 Å². The van der Waals surface area contributed by atoms with Gasteiger partial charge in [-0.2, -0.15) is 0 Å². The van der Waals surface area contributed by atoms with Crippen LogP contribution in [-0.4, -0.2) is 35.5 Å². The third-order valence-corrected chi connectivity index (χ3v) is 3.84. The van der Waals surface area contributed by atoms with Gasteiger partial charge in [0, 0.05) is 12.0 Å². The van der Waals surface area contributed by atoms with Crippen LogP contribution < -0.4 is 10.8 Å². The van der Waals surface area contributed by atoms with Crippen molar-refractivity contribution in [3.05, 3.63) is 18.0 Å². The van der Waals surface area contributed by atoms with Crippen molar-refractivity contribution >= 4 is 12.6 Å². The van der Waals surface area contributed by atoms with E-state index in [2.05, 4.69) is 10.3 Å². The average molecular weight is 264 g/mol. The minimum atomic E-state index is -0.507. The summed E-state index contributed by atoms with van der Waals surface area (Å²) in [5.41, 5.74) is 0.784. The first-order valence-electron chi connectivity index (χ1n) is 6.45. The number of pyridine rings is 1. The second kappa shape index (κ2) is 4.78. The number of hydrogen-bond donors (Lipinski definition) is 2. The molecule has 2 heterocycles. The molecular formula is C13H21BN2O3. The van der Waals surface area contributed by atoms with Crippen molar-refractivity contribution in [1.29, 1.82) is 0 Å². The molecule has 0 radical (unpaired) electrons. The van der Waals surface area contributed by atoms with E-state index < -0.39 is 18.3 Å². The van der Waals surface area contributed by atoms with Gasteiger partial charge in [-0.25, -0.2) is 0 Å². The minimum Gasteiger partial charge on any atom is -0.506 e. The number of nitrogens with zero attached hydrogens (tertiary/aromatic N) is 1. The smallest absolute Gasteiger partial charge is 0.496 e. The Labute approximate surface area is 114 Å². The number of aromatic hydroxyl groups is 1. The van der Waals surface area contributed by atoms with E-state index in [-0.39, 0.29) is 5.75 Å². The topological polar surface area (TPSA) is 63.6 Å². The second-order valence-electron chi connectivity index (χ2n) is 5.85. The van der Waals surface area contributed by atoms with Crippen molar-refractivity contribution in [2.45, 2.75) is 45.4 Å². The van der Waals surface area contributed by atoms with Gasteiger partial charge >= 0.3 is 7.12 Å². The lowest BCUT2D eigenvalue weighted by molar-refractivity contribution is 0.00578. The van der Waals surface area contributed by atoms with Gasteiger partial charge < -0.3 is 19.7 Å². The average Bonchev–Trinajstić information content (AvgIpc) is 2.51. The first-order chi connectivity index (χ1) is 8.77. The maximum absolute atomic E-state index is 9.63. The molecular weight excluding hydrogens is 243 g/mol. The van der Waals surface area contributed by atoms with E-state index in [1.165, 1.54) is 6.20 Å². The highest BCUT2D eigenvalue weighted by atomic mass is 16.7. The van der Waals surface area contributed by atoms with E-state index >= 15 is 0 Å². The van der Waals surface area contributed by atoms with E-state index in [4.69, 9.17) is 9.31 Å². The lowest BCUT2D eigenvalue weighted by Crippen LogP contribution is -2.41. The van der Waals surface area contributed by atoms with Crippen LogP contribution in [0.2, 0.25) is 0 Å². The number of rotatable bonds is 3. The van der Waals surface area contributed by atoms with Crippen molar-refractivity contribution in [3.8, 4) is 5.75 Å². The zero-order valence-electron chi connectivity index (χ0n) is 12.2. The summed E-state index contributed by atoms with van der Waals surface area (Å²) >= 11 is 0. The maximum atomic E-state index is 9.63. The highest BCUT2D eigenvalue weighted by Gasteiger charge is 2.52. The second-order valence-corrected chi connectivity index (χ2v) is 5.85. The predicted molar refractivity (Wildman–Crippen MR) is 74.4 cm³/mol. The van der Waals surface area contributed by atoms with Crippen molar-refractivity contribution in [1.82, 2.24) is 10.3 Å². The number of aromatic nitrogens is 1. The molecule has 0 amide bonds. The molecule has 0 saturated carbocycles. The summed E-state index contributed by atoms with van der Waals surface area (Å²) in [5.74, 6) is 0.115. The molecule has 1 aromatic rings. The Balaban J connectivity index is 2.35. The largest absolute Gasteiger partial charge is 0.506 e. The van der Waals surface area contributed by atoms with Crippen LogP contribution in [0.5, 0.6) is 5.75 Å². The molecule has 1 aromatic heterocycles. The fourth-order valence-electron chi connectivity index (χ4n) is 1.99. The molecule has 1 aliphatic rings. The Kier molecular flexibility index (Phi) is 3.60. The highest BCUT2D eigenvalue weighted by Crippen LogP contribution is 2.36. The summed E-state index contributed by atoms with van der Waals surface area (Å²) in [6.45, 7) is 8.60. The van der Waals surface area contributed by atoms with Gasteiger partial charge in [0.05, 0.1) is 23.1 Å². The highest BCUT2D eigenvalue weighted by molar-refractivity contribution is 6.62. The van der Waals surface area contributed by atoms with Crippen LogP contribution in [0.1, 0.15) is 33.4 Å². The fourth-order valence-corrected chi connectivity index (χ4v) is 1.99. The zero-order valence-corrected chi connectivity index (χ0v) is 12.2. The Hall–Kier alpha value is -1.11. The van der Waals surface area contributed by atoms with E-state index in [1.54, 1.807) is 6.07 Å². The third-order valence-electron chi connectivity index (χ3n) is 3.84. The van der Waals surface area contributed by atoms with Crippen LogP contribution in [0.3, 0.4) is 0 Å². The molecule has 0 bridgehead atoms. The Bertz CT molecular complexity index is 461. The zero-order chi connectivity index (χ0) is 14.3. The monoisotopic (exact) mass is 264 g/mol. The quantitative estimate of drug-likeness (QED) is 0.791. The molecule has 0 aromatic carbocycles. The van der Waals surface area contributed by atoms with Crippen molar-refractivity contribution < 1.29 is 14.4 Å². The van der Waals surface area contributed by atoms with Crippen LogP contribution in [0, 0.1) is 0 Å². The molecule has 19 heavy (non-hydrogen) atoms.